The van der Waals surface area contributed by atoms with Gasteiger partial charge in [0.15, 0.2) is 0 Å². The molecule has 170 valence electrons. The summed E-state index contributed by atoms with van der Waals surface area (Å²) in [4.78, 5) is 17.9. The number of nitrogens with zero attached hydrogens (tertiary/aromatic N) is 4. The summed E-state index contributed by atoms with van der Waals surface area (Å²) in [7, 11) is 1.63. The number of benzene rings is 1. The molecule has 2 aliphatic heterocycles. The molecule has 7 heteroatoms. The summed E-state index contributed by atoms with van der Waals surface area (Å²) in [6.45, 7) is 8.62. The molecular weight excluding hydrogens is 402 g/mol. The maximum absolute atomic E-state index is 13.1. The third-order valence-corrected chi connectivity index (χ3v) is 6.93. The van der Waals surface area contributed by atoms with Crippen molar-refractivity contribution >= 4 is 11.7 Å². The van der Waals surface area contributed by atoms with Gasteiger partial charge in [-0.05, 0) is 89.0 Å². The number of hydrogen-bond acceptors (Lipinski definition) is 5. The highest BCUT2D eigenvalue weighted by Gasteiger charge is 2.29. The fourth-order valence-electron chi connectivity index (χ4n) is 5.04. The van der Waals surface area contributed by atoms with Crippen LogP contribution in [0.5, 0.6) is 5.75 Å². The summed E-state index contributed by atoms with van der Waals surface area (Å²) >= 11 is 0. The van der Waals surface area contributed by atoms with Crippen LogP contribution in [0.4, 0.5) is 5.82 Å². The Morgan fingerprint density at radius 3 is 2.53 bits per heavy atom. The molecule has 3 heterocycles. The number of nitriles is 1. The Labute approximate surface area is 190 Å². The molecule has 7 nitrogen and oxygen atoms in total. The fraction of sp³-hybridized carbons (Fsp3) is 0.520. The molecule has 0 radical (unpaired) electrons. The molecule has 1 aromatic heterocycles. The van der Waals surface area contributed by atoms with Crippen LogP contribution in [-0.4, -0.2) is 66.1 Å². The van der Waals surface area contributed by atoms with Gasteiger partial charge >= 0.3 is 0 Å². The molecule has 1 N–H and O–H groups in total. The van der Waals surface area contributed by atoms with Crippen molar-refractivity contribution in [1.82, 2.24) is 14.4 Å². The Morgan fingerprint density at radius 1 is 1.16 bits per heavy atom. The van der Waals surface area contributed by atoms with Crippen molar-refractivity contribution in [2.75, 3.05) is 45.2 Å². The third-order valence-electron chi connectivity index (χ3n) is 6.93. The van der Waals surface area contributed by atoms with Crippen molar-refractivity contribution < 1.29 is 9.53 Å². The van der Waals surface area contributed by atoms with E-state index in [2.05, 4.69) is 21.2 Å². The summed E-state index contributed by atoms with van der Waals surface area (Å²) in [5.74, 6) is 1.24. The monoisotopic (exact) mass is 435 g/mol. The van der Waals surface area contributed by atoms with Gasteiger partial charge < -0.3 is 15.0 Å². The Hall–Kier alpha value is -2.82. The largest absolute Gasteiger partial charge is 0.497 e. The smallest absolute Gasteiger partial charge is 0.239 e. The van der Waals surface area contributed by atoms with Crippen molar-refractivity contribution in [1.29, 1.82) is 5.26 Å². The van der Waals surface area contributed by atoms with Gasteiger partial charge in [-0.15, -0.1) is 0 Å². The van der Waals surface area contributed by atoms with Crippen molar-refractivity contribution in [2.24, 2.45) is 0 Å². The molecule has 0 spiro atoms. The minimum atomic E-state index is -0.0675. The number of amides is 1. The van der Waals surface area contributed by atoms with Gasteiger partial charge in [-0.2, -0.15) is 5.26 Å². The van der Waals surface area contributed by atoms with E-state index < -0.39 is 0 Å². The van der Waals surface area contributed by atoms with Crippen molar-refractivity contribution in [3.05, 3.63) is 41.1 Å². The van der Waals surface area contributed by atoms with Gasteiger partial charge in [-0.25, -0.2) is 0 Å². The number of likely N-dealkylation sites (tertiary alicyclic amines) is 2. The number of carbonyl (C=O) groups is 1. The second-order valence-electron chi connectivity index (χ2n) is 8.90. The maximum Gasteiger partial charge on any atom is 0.239 e. The highest BCUT2D eigenvalue weighted by Crippen LogP contribution is 2.31. The quantitative estimate of drug-likeness (QED) is 0.721. The van der Waals surface area contributed by atoms with Gasteiger partial charge in [0.25, 0.3) is 0 Å². The van der Waals surface area contributed by atoms with E-state index in [0.29, 0.717) is 24.0 Å². The number of rotatable bonds is 7. The number of hydrogen-bond donors (Lipinski definition) is 1. The zero-order valence-corrected chi connectivity index (χ0v) is 19.4. The van der Waals surface area contributed by atoms with Gasteiger partial charge in [-0.3, -0.25) is 14.3 Å². The van der Waals surface area contributed by atoms with Crippen LogP contribution in [0.3, 0.4) is 0 Å². The van der Waals surface area contributed by atoms with Gasteiger partial charge in [-0.1, -0.05) is 0 Å². The second-order valence-corrected chi connectivity index (χ2v) is 8.90. The minimum Gasteiger partial charge on any atom is -0.497 e. The molecule has 1 amide bonds. The minimum absolute atomic E-state index is 0.0675. The van der Waals surface area contributed by atoms with Crippen LogP contribution in [-0.2, 0) is 4.79 Å². The third kappa shape index (κ3) is 4.52. The van der Waals surface area contributed by atoms with Crippen molar-refractivity contribution in [2.45, 2.75) is 45.6 Å². The van der Waals surface area contributed by atoms with Gasteiger partial charge in [0.2, 0.25) is 5.91 Å². The van der Waals surface area contributed by atoms with Crippen LogP contribution >= 0.6 is 0 Å². The lowest BCUT2D eigenvalue weighted by molar-refractivity contribution is -0.117. The van der Waals surface area contributed by atoms with Gasteiger partial charge in [0, 0.05) is 24.0 Å². The lowest BCUT2D eigenvalue weighted by Gasteiger charge is -2.28. The molecular formula is C25H33N5O2. The van der Waals surface area contributed by atoms with Gasteiger partial charge in [0.1, 0.15) is 17.6 Å². The van der Waals surface area contributed by atoms with Crippen LogP contribution in [0.1, 0.15) is 42.5 Å². The summed E-state index contributed by atoms with van der Waals surface area (Å²) in [5.41, 5.74) is 3.22. The van der Waals surface area contributed by atoms with Gasteiger partial charge in [0.05, 0.1) is 19.2 Å². The van der Waals surface area contributed by atoms with E-state index in [9.17, 15) is 10.1 Å². The molecule has 1 atom stereocenters. The molecule has 2 saturated heterocycles. The molecule has 1 unspecified atom stereocenters. The highest BCUT2D eigenvalue weighted by molar-refractivity contribution is 5.93. The van der Waals surface area contributed by atoms with Crippen LogP contribution in [0.15, 0.2) is 24.3 Å². The predicted molar refractivity (Wildman–Crippen MR) is 125 cm³/mol. The second kappa shape index (κ2) is 9.76. The topological polar surface area (TPSA) is 73.5 Å². The Bertz CT molecular complexity index is 999. The first-order valence-corrected chi connectivity index (χ1v) is 11.5. The summed E-state index contributed by atoms with van der Waals surface area (Å²) in [5, 5.41) is 12.9. The van der Waals surface area contributed by atoms with E-state index in [4.69, 9.17) is 4.74 Å². The van der Waals surface area contributed by atoms with E-state index in [1.807, 2.05) is 42.7 Å². The Morgan fingerprint density at radius 2 is 1.88 bits per heavy atom. The molecule has 4 rings (SSSR count). The lowest BCUT2D eigenvalue weighted by atomic mass is 10.2. The van der Waals surface area contributed by atoms with E-state index in [1.54, 1.807) is 7.11 Å². The van der Waals surface area contributed by atoms with E-state index in [-0.39, 0.29) is 5.91 Å². The average Bonchev–Trinajstić information content (AvgIpc) is 3.51. The molecule has 2 aromatic rings. The molecule has 2 aliphatic rings. The number of ether oxygens (including phenoxy) is 1. The van der Waals surface area contributed by atoms with Crippen molar-refractivity contribution in [3.8, 4) is 17.5 Å². The molecule has 0 bridgehead atoms. The van der Waals surface area contributed by atoms with E-state index >= 15 is 0 Å². The maximum atomic E-state index is 13.1. The lowest BCUT2D eigenvalue weighted by Crippen LogP contribution is -2.43. The van der Waals surface area contributed by atoms with E-state index in [1.165, 1.54) is 25.9 Å². The van der Waals surface area contributed by atoms with Crippen LogP contribution in [0.25, 0.3) is 5.69 Å². The van der Waals surface area contributed by atoms with Crippen LogP contribution in [0, 0.1) is 25.2 Å². The summed E-state index contributed by atoms with van der Waals surface area (Å²) in [6.07, 6.45) is 4.85. The molecule has 32 heavy (non-hydrogen) atoms. The standard InChI is InChI=1S/C25H33N5O2/c1-18-19(2)30(20-8-10-22(32-3)11-9-20)25(23(18)15-26)27-24(31)17-29-14-6-7-21(29)16-28-12-4-5-13-28/h8-11,21H,4-7,12-14,16-17H2,1-3H3,(H,27,31). The first-order valence-electron chi connectivity index (χ1n) is 11.5. The zero-order valence-electron chi connectivity index (χ0n) is 19.4. The van der Waals surface area contributed by atoms with Crippen LogP contribution in [0.2, 0.25) is 0 Å². The predicted octanol–water partition coefficient (Wildman–Crippen LogP) is 3.47. The number of carbonyl (C=O) groups excluding carboxylic acids is 1. The first-order chi connectivity index (χ1) is 15.5. The SMILES string of the molecule is COc1ccc(-n2c(C)c(C)c(C#N)c2NC(=O)CN2CCCC2CN2CCCC2)cc1. The molecule has 1 aromatic carbocycles. The first kappa shape index (κ1) is 22.4. The fourth-order valence-corrected chi connectivity index (χ4v) is 5.04. The zero-order chi connectivity index (χ0) is 22.7. The van der Waals surface area contributed by atoms with E-state index in [0.717, 1.165) is 48.6 Å². The Kier molecular flexibility index (Phi) is 6.83. The Balaban J connectivity index is 1.53. The summed E-state index contributed by atoms with van der Waals surface area (Å²) in [6, 6.07) is 10.4. The molecule has 0 aliphatic carbocycles. The average molecular weight is 436 g/mol. The van der Waals surface area contributed by atoms with Crippen molar-refractivity contribution in [3.63, 3.8) is 0 Å². The summed E-state index contributed by atoms with van der Waals surface area (Å²) < 4.78 is 7.23. The number of aromatic nitrogens is 1. The normalized spacial score (nSPS) is 19.2. The highest BCUT2D eigenvalue weighted by atomic mass is 16.5. The number of nitrogens with one attached hydrogen (secondary N) is 1. The van der Waals surface area contributed by atoms with Crippen LogP contribution < -0.4 is 10.1 Å². The molecule has 0 saturated carbocycles. The number of anilines is 1. The number of methoxy groups -OCH3 is 1. The molecule has 2 fully saturated rings.